The van der Waals surface area contributed by atoms with Gasteiger partial charge in [-0.05, 0) is 26.8 Å². The van der Waals surface area contributed by atoms with Gasteiger partial charge in [0.2, 0.25) is 5.82 Å². The largest absolute Gasteiger partial charge is 0.361 e. The van der Waals surface area contributed by atoms with E-state index < -0.39 is 11.2 Å². The minimum atomic E-state index is -0.586. The first kappa shape index (κ1) is 11.8. The molecular weight excluding hydrogens is 222 g/mol. The van der Waals surface area contributed by atoms with E-state index in [0.717, 1.165) is 19.4 Å². The molecule has 17 heavy (non-hydrogen) atoms. The van der Waals surface area contributed by atoms with Crippen LogP contribution in [0.4, 0.5) is 5.82 Å². The number of likely N-dealkylation sites (tertiary alicyclic amines) is 1. The van der Waals surface area contributed by atoms with Crippen molar-refractivity contribution in [2.45, 2.75) is 31.8 Å². The SMILES string of the molecule is CC1CC(Nc2n[nH]c(=O)[nH]c2=O)CCN1C. The molecule has 1 aromatic rings. The normalized spacial score (nSPS) is 25.8. The molecule has 0 radical (unpaired) electrons. The number of nitrogens with one attached hydrogen (secondary N) is 3. The number of hydrogen-bond acceptors (Lipinski definition) is 5. The molecule has 94 valence electrons. The summed E-state index contributed by atoms with van der Waals surface area (Å²) in [6.45, 7) is 3.14. The molecule has 2 rings (SSSR count). The molecule has 0 spiro atoms. The Morgan fingerprint density at radius 2 is 2.24 bits per heavy atom. The Kier molecular flexibility index (Phi) is 3.28. The number of rotatable bonds is 2. The first-order valence-electron chi connectivity index (χ1n) is 5.72. The third-order valence-electron chi connectivity index (χ3n) is 3.26. The Labute approximate surface area is 98.2 Å². The van der Waals surface area contributed by atoms with Gasteiger partial charge in [0.25, 0.3) is 5.56 Å². The Morgan fingerprint density at radius 3 is 2.88 bits per heavy atom. The zero-order valence-electron chi connectivity index (χ0n) is 9.99. The summed E-state index contributed by atoms with van der Waals surface area (Å²) in [5.41, 5.74) is -1.06. The van der Waals surface area contributed by atoms with E-state index in [1.807, 2.05) is 0 Å². The maximum absolute atomic E-state index is 11.4. The fourth-order valence-corrected chi connectivity index (χ4v) is 2.06. The highest BCUT2D eigenvalue weighted by atomic mass is 16.2. The number of aromatic amines is 2. The third kappa shape index (κ3) is 2.73. The van der Waals surface area contributed by atoms with Gasteiger partial charge in [-0.2, -0.15) is 0 Å². The van der Waals surface area contributed by atoms with Crippen molar-refractivity contribution in [2.75, 3.05) is 18.9 Å². The van der Waals surface area contributed by atoms with Gasteiger partial charge in [-0.3, -0.25) is 9.78 Å². The van der Waals surface area contributed by atoms with E-state index in [0.29, 0.717) is 6.04 Å². The molecule has 2 atom stereocenters. The predicted octanol–water partition coefficient (Wildman–Crippen LogP) is -0.647. The van der Waals surface area contributed by atoms with E-state index in [1.54, 1.807) is 0 Å². The number of anilines is 1. The van der Waals surface area contributed by atoms with Gasteiger partial charge in [-0.25, -0.2) is 9.89 Å². The quantitative estimate of drug-likeness (QED) is 0.638. The summed E-state index contributed by atoms with van der Waals surface area (Å²) in [5.74, 6) is 0.186. The highest BCUT2D eigenvalue weighted by molar-refractivity contribution is 5.30. The number of hydrogen-bond donors (Lipinski definition) is 3. The van der Waals surface area contributed by atoms with Crippen LogP contribution in [0.1, 0.15) is 19.8 Å². The topological polar surface area (TPSA) is 93.9 Å². The van der Waals surface area contributed by atoms with Crippen molar-refractivity contribution < 1.29 is 0 Å². The molecule has 2 unspecified atom stereocenters. The van der Waals surface area contributed by atoms with Gasteiger partial charge >= 0.3 is 5.69 Å². The summed E-state index contributed by atoms with van der Waals surface area (Å²) in [4.78, 5) is 26.7. The zero-order chi connectivity index (χ0) is 12.4. The predicted molar refractivity (Wildman–Crippen MR) is 64.2 cm³/mol. The van der Waals surface area contributed by atoms with E-state index in [-0.39, 0.29) is 11.9 Å². The molecule has 0 saturated carbocycles. The van der Waals surface area contributed by atoms with Crippen LogP contribution >= 0.6 is 0 Å². The van der Waals surface area contributed by atoms with Crippen molar-refractivity contribution in [3.8, 4) is 0 Å². The van der Waals surface area contributed by atoms with Crippen molar-refractivity contribution in [1.29, 1.82) is 0 Å². The maximum Gasteiger partial charge on any atom is 0.342 e. The van der Waals surface area contributed by atoms with E-state index in [1.165, 1.54) is 0 Å². The number of piperidine rings is 1. The van der Waals surface area contributed by atoms with Gasteiger partial charge in [0.15, 0.2) is 0 Å². The maximum atomic E-state index is 11.4. The van der Waals surface area contributed by atoms with Gasteiger partial charge in [0.1, 0.15) is 0 Å². The second-order valence-corrected chi connectivity index (χ2v) is 4.55. The molecule has 1 fully saturated rings. The van der Waals surface area contributed by atoms with Gasteiger partial charge < -0.3 is 10.2 Å². The average Bonchev–Trinajstić information content (AvgIpc) is 2.27. The van der Waals surface area contributed by atoms with Crippen molar-refractivity contribution in [3.63, 3.8) is 0 Å². The van der Waals surface area contributed by atoms with Crippen LogP contribution in [0.5, 0.6) is 0 Å². The molecule has 1 aliphatic rings. The van der Waals surface area contributed by atoms with Crippen molar-refractivity contribution in [1.82, 2.24) is 20.1 Å². The van der Waals surface area contributed by atoms with Crippen molar-refractivity contribution in [2.24, 2.45) is 0 Å². The van der Waals surface area contributed by atoms with E-state index in [9.17, 15) is 9.59 Å². The van der Waals surface area contributed by atoms with Crippen LogP contribution in [0.3, 0.4) is 0 Å². The Balaban J connectivity index is 2.06. The molecule has 1 aliphatic heterocycles. The van der Waals surface area contributed by atoms with Gasteiger partial charge in [0, 0.05) is 18.6 Å². The van der Waals surface area contributed by atoms with Crippen LogP contribution in [-0.2, 0) is 0 Å². The summed E-state index contributed by atoms with van der Waals surface area (Å²) in [6, 6.07) is 0.698. The van der Waals surface area contributed by atoms with E-state index >= 15 is 0 Å². The Hall–Kier alpha value is -1.63. The number of aromatic nitrogens is 3. The highest BCUT2D eigenvalue weighted by Crippen LogP contribution is 2.17. The van der Waals surface area contributed by atoms with Crippen LogP contribution in [0, 0.1) is 0 Å². The van der Waals surface area contributed by atoms with Gasteiger partial charge in [-0.1, -0.05) is 0 Å². The van der Waals surface area contributed by atoms with Crippen LogP contribution in [-0.4, -0.2) is 45.8 Å². The molecule has 0 amide bonds. The highest BCUT2D eigenvalue weighted by Gasteiger charge is 2.23. The van der Waals surface area contributed by atoms with Crippen LogP contribution in [0.25, 0.3) is 0 Å². The standard InChI is InChI=1S/C10H17N5O2/c1-6-5-7(3-4-15(6)2)11-8-9(16)12-10(17)14-13-8/h6-7H,3-5H2,1-2H3,(H,11,13)(H2,12,14,16,17). The molecule has 7 heteroatoms. The second-order valence-electron chi connectivity index (χ2n) is 4.55. The first-order chi connectivity index (χ1) is 8.06. The van der Waals surface area contributed by atoms with Crippen molar-refractivity contribution in [3.05, 3.63) is 20.8 Å². The van der Waals surface area contributed by atoms with Crippen LogP contribution in [0.15, 0.2) is 9.59 Å². The molecular formula is C10H17N5O2. The summed E-state index contributed by atoms with van der Waals surface area (Å²) in [7, 11) is 2.09. The monoisotopic (exact) mass is 239 g/mol. The number of H-pyrrole nitrogens is 2. The smallest absolute Gasteiger partial charge is 0.342 e. The molecule has 1 saturated heterocycles. The first-order valence-corrected chi connectivity index (χ1v) is 5.72. The molecule has 1 aromatic heterocycles. The summed E-state index contributed by atoms with van der Waals surface area (Å²) < 4.78 is 0. The molecule has 0 aromatic carbocycles. The lowest BCUT2D eigenvalue weighted by atomic mass is 9.99. The average molecular weight is 239 g/mol. The lowest BCUT2D eigenvalue weighted by Gasteiger charge is -2.35. The summed E-state index contributed by atoms with van der Waals surface area (Å²) >= 11 is 0. The van der Waals surface area contributed by atoms with E-state index in [2.05, 4.69) is 39.4 Å². The molecule has 0 aliphatic carbocycles. The van der Waals surface area contributed by atoms with Crippen molar-refractivity contribution >= 4 is 5.82 Å². The lowest BCUT2D eigenvalue weighted by molar-refractivity contribution is 0.190. The Morgan fingerprint density at radius 1 is 1.47 bits per heavy atom. The molecule has 2 heterocycles. The van der Waals surface area contributed by atoms with E-state index in [4.69, 9.17) is 0 Å². The fourth-order valence-electron chi connectivity index (χ4n) is 2.06. The Bertz CT molecular complexity index is 494. The third-order valence-corrected chi connectivity index (χ3v) is 3.26. The zero-order valence-corrected chi connectivity index (χ0v) is 9.99. The molecule has 7 nitrogen and oxygen atoms in total. The van der Waals surface area contributed by atoms with Crippen LogP contribution in [0.2, 0.25) is 0 Å². The van der Waals surface area contributed by atoms with Gasteiger partial charge in [0.05, 0.1) is 0 Å². The number of nitrogens with zero attached hydrogens (tertiary/aromatic N) is 2. The molecule has 0 bridgehead atoms. The summed E-state index contributed by atoms with van der Waals surface area (Å²) in [6.07, 6.45) is 1.91. The molecule has 3 N–H and O–H groups in total. The minimum Gasteiger partial charge on any atom is -0.361 e. The minimum absolute atomic E-state index is 0.186. The fraction of sp³-hybridized carbons (Fsp3) is 0.700. The summed E-state index contributed by atoms with van der Waals surface area (Å²) in [5, 5.41) is 9.00. The van der Waals surface area contributed by atoms with Crippen LogP contribution < -0.4 is 16.6 Å². The second kappa shape index (κ2) is 4.70. The lowest BCUT2D eigenvalue weighted by Crippen LogP contribution is -2.43. The van der Waals surface area contributed by atoms with Gasteiger partial charge in [-0.15, -0.1) is 5.10 Å².